The van der Waals surface area contributed by atoms with E-state index in [2.05, 4.69) is 4.74 Å². The summed E-state index contributed by atoms with van der Waals surface area (Å²) in [5.41, 5.74) is -0.0986. The second kappa shape index (κ2) is 5.60. The fourth-order valence-corrected chi connectivity index (χ4v) is 0.808. The molecule has 13 heavy (non-hydrogen) atoms. The number of hydrogen-bond donors (Lipinski definition) is 0. The molecule has 0 atom stereocenters. The number of halogens is 1. The molecule has 0 aliphatic carbocycles. The Hall–Kier alpha value is -1.01. The van der Waals surface area contributed by atoms with Gasteiger partial charge in [-0.2, -0.15) is 5.26 Å². The average molecular weight is 202 g/mol. The topological polar surface area (TPSA) is 50.1 Å². The van der Waals surface area contributed by atoms with Crippen molar-refractivity contribution >= 4 is 17.6 Å². The molecule has 0 fully saturated rings. The smallest absolute Gasteiger partial charge is 0.350 e. The normalized spacial score (nSPS) is 12.0. The van der Waals surface area contributed by atoms with Crippen LogP contribution in [0.3, 0.4) is 0 Å². The van der Waals surface area contributed by atoms with Crippen molar-refractivity contribution in [2.45, 2.75) is 20.8 Å². The number of esters is 1. The summed E-state index contributed by atoms with van der Waals surface area (Å²) >= 11 is 5.77. The summed E-state index contributed by atoms with van der Waals surface area (Å²) in [6.07, 6.45) is 0. The summed E-state index contributed by atoms with van der Waals surface area (Å²) in [7, 11) is 0. The van der Waals surface area contributed by atoms with Gasteiger partial charge in [0.05, 0.1) is 6.61 Å². The van der Waals surface area contributed by atoms with E-state index in [0.29, 0.717) is 0 Å². The van der Waals surface area contributed by atoms with Crippen LogP contribution in [0.2, 0.25) is 0 Å². The summed E-state index contributed by atoms with van der Waals surface area (Å²) in [6.45, 7) is 5.53. The fraction of sp³-hybridized carbons (Fsp3) is 0.556. The molecule has 0 radical (unpaired) electrons. The lowest BCUT2D eigenvalue weighted by molar-refractivity contribution is -0.138. The zero-order valence-corrected chi connectivity index (χ0v) is 8.68. The zero-order chi connectivity index (χ0) is 10.4. The van der Waals surface area contributed by atoms with Gasteiger partial charge in [0, 0.05) is 5.03 Å². The van der Waals surface area contributed by atoms with Crippen LogP contribution in [-0.4, -0.2) is 12.6 Å². The number of carbonyl (C=O) groups excluding carboxylic acids is 1. The molecule has 0 saturated carbocycles. The van der Waals surface area contributed by atoms with Crippen LogP contribution in [0.15, 0.2) is 10.6 Å². The Morgan fingerprint density at radius 1 is 1.62 bits per heavy atom. The van der Waals surface area contributed by atoms with Crippen LogP contribution < -0.4 is 0 Å². The number of rotatable bonds is 3. The van der Waals surface area contributed by atoms with Gasteiger partial charge in [-0.3, -0.25) is 0 Å². The van der Waals surface area contributed by atoms with Crippen molar-refractivity contribution in [2.75, 3.05) is 6.61 Å². The van der Waals surface area contributed by atoms with Crippen molar-refractivity contribution in [3.8, 4) is 6.07 Å². The van der Waals surface area contributed by atoms with Gasteiger partial charge in [0.2, 0.25) is 0 Å². The molecule has 3 nitrogen and oxygen atoms in total. The van der Waals surface area contributed by atoms with Gasteiger partial charge in [0.25, 0.3) is 0 Å². The van der Waals surface area contributed by atoms with E-state index in [1.165, 1.54) is 0 Å². The molecular formula is C9H12ClNO2. The van der Waals surface area contributed by atoms with Crippen LogP contribution in [-0.2, 0) is 9.53 Å². The second-order valence-electron chi connectivity index (χ2n) is 2.71. The molecule has 0 spiro atoms. The van der Waals surface area contributed by atoms with Crippen LogP contribution in [0.1, 0.15) is 20.8 Å². The molecule has 0 heterocycles. The molecule has 0 aromatic heterocycles. The minimum absolute atomic E-state index is 0.0410. The molecule has 0 amide bonds. The standard InChI is InChI=1S/C9H12ClNO2/c1-4-13-9(12)7(5-11)8(10)6(2)3/h6H,4H2,1-3H3/b8-7-. The van der Waals surface area contributed by atoms with E-state index in [1.54, 1.807) is 26.8 Å². The highest BCUT2D eigenvalue weighted by Gasteiger charge is 2.16. The monoisotopic (exact) mass is 201 g/mol. The molecule has 0 aromatic carbocycles. The summed E-state index contributed by atoms with van der Waals surface area (Å²) in [6, 6.07) is 1.74. The molecule has 0 bridgehead atoms. The number of ether oxygens (including phenoxy) is 1. The molecule has 72 valence electrons. The largest absolute Gasteiger partial charge is 0.462 e. The molecule has 0 aromatic rings. The van der Waals surface area contributed by atoms with Crippen molar-refractivity contribution < 1.29 is 9.53 Å². The highest BCUT2D eigenvalue weighted by molar-refractivity contribution is 6.32. The molecule has 0 aliphatic heterocycles. The summed E-state index contributed by atoms with van der Waals surface area (Å²) in [5.74, 6) is -0.690. The maximum Gasteiger partial charge on any atom is 0.350 e. The van der Waals surface area contributed by atoms with E-state index in [1.807, 2.05) is 0 Å². The predicted molar refractivity (Wildman–Crippen MR) is 50.0 cm³/mol. The Balaban J connectivity index is 4.80. The Labute approximate surface area is 82.9 Å². The van der Waals surface area contributed by atoms with Gasteiger partial charge in [-0.05, 0) is 12.8 Å². The van der Waals surface area contributed by atoms with E-state index in [-0.39, 0.29) is 23.1 Å². The van der Waals surface area contributed by atoms with Crippen molar-refractivity contribution in [2.24, 2.45) is 5.92 Å². The lowest BCUT2D eigenvalue weighted by Gasteiger charge is -2.05. The number of carbonyl (C=O) groups is 1. The molecule has 0 aliphatic rings. The van der Waals surface area contributed by atoms with E-state index < -0.39 is 5.97 Å². The molecule has 0 unspecified atom stereocenters. The van der Waals surface area contributed by atoms with Crippen molar-refractivity contribution in [1.82, 2.24) is 0 Å². The van der Waals surface area contributed by atoms with Crippen LogP contribution in [0.4, 0.5) is 0 Å². The first kappa shape index (κ1) is 12.0. The number of allylic oxidation sites excluding steroid dienone is 1. The summed E-state index contributed by atoms with van der Waals surface area (Å²) in [4.78, 5) is 11.1. The molecule has 0 N–H and O–H groups in total. The number of nitriles is 1. The Morgan fingerprint density at radius 2 is 2.15 bits per heavy atom. The minimum atomic E-state index is -0.649. The number of nitrogens with zero attached hydrogens (tertiary/aromatic N) is 1. The van der Waals surface area contributed by atoms with Gasteiger partial charge in [0.1, 0.15) is 6.07 Å². The van der Waals surface area contributed by atoms with Crippen molar-refractivity contribution in [3.05, 3.63) is 10.6 Å². The Morgan fingerprint density at radius 3 is 2.46 bits per heavy atom. The minimum Gasteiger partial charge on any atom is -0.462 e. The van der Waals surface area contributed by atoms with Crippen LogP contribution in [0.25, 0.3) is 0 Å². The Kier molecular flexibility index (Phi) is 5.17. The third-order valence-corrected chi connectivity index (χ3v) is 1.96. The Bertz CT molecular complexity index is 263. The maximum atomic E-state index is 11.1. The first-order chi connectivity index (χ1) is 6.04. The van der Waals surface area contributed by atoms with E-state index >= 15 is 0 Å². The molecule has 4 heteroatoms. The van der Waals surface area contributed by atoms with Crippen LogP contribution in [0, 0.1) is 17.2 Å². The van der Waals surface area contributed by atoms with Crippen molar-refractivity contribution in [3.63, 3.8) is 0 Å². The molecule has 0 rings (SSSR count). The highest BCUT2D eigenvalue weighted by atomic mass is 35.5. The van der Waals surface area contributed by atoms with Crippen LogP contribution in [0.5, 0.6) is 0 Å². The summed E-state index contributed by atoms with van der Waals surface area (Å²) in [5, 5.41) is 8.90. The first-order valence-electron chi connectivity index (χ1n) is 4.01. The lowest BCUT2D eigenvalue weighted by Crippen LogP contribution is -2.09. The quantitative estimate of drug-likeness (QED) is 0.400. The van der Waals surface area contributed by atoms with E-state index in [9.17, 15) is 4.79 Å². The maximum absolute atomic E-state index is 11.1. The fourth-order valence-electron chi connectivity index (χ4n) is 0.688. The first-order valence-corrected chi connectivity index (χ1v) is 4.39. The van der Waals surface area contributed by atoms with Gasteiger partial charge in [-0.25, -0.2) is 4.79 Å². The SMILES string of the molecule is CCOC(=O)/C(C#N)=C(\Cl)C(C)C. The van der Waals surface area contributed by atoms with Gasteiger partial charge in [-0.1, -0.05) is 25.4 Å². The zero-order valence-electron chi connectivity index (χ0n) is 7.93. The lowest BCUT2D eigenvalue weighted by atomic mass is 10.1. The van der Waals surface area contributed by atoms with Gasteiger partial charge < -0.3 is 4.74 Å². The number of hydrogen-bond acceptors (Lipinski definition) is 3. The summed E-state index contributed by atoms with van der Waals surface area (Å²) < 4.78 is 4.66. The van der Waals surface area contributed by atoms with E-state index in [0.717, 1.165) is 0 Å². The van der Waals surface area contributed by atoms with Crippen molar-refractivity contribution in [1.29, 1.82) is 5.26 Å². The van der Waals surface area contributed by atoms with Gasteiger partial charge in [-0.15, -0.1) is 0 Å². The third-order valence-electron chi connectivity index (χ3n) is 1.34. The third kappa shape index (κ3) is 3.47. The second-order valence-corrected chi connectivity index (χ2v) is 3.12. The average Bonchev–Trinajstić information content (AvgIpc) is 2.05. The van der Waals surface area contributed by atoms with E-state index in [4.69, 9.17) is 16.9 Å². The van der Waals surface area contributed by atoms with Crippen LogP contribution >= 0.6 is 11.6 Å². The van der Waals surface area contributed by atoms with Gasteiger partial charge >= 0.3 is 5.97 Å². The van der Waals surface area contributed by atoms with Gasteiger partial charge in [0.15, 0.2) is 5.57 Å². The molecule has 0 saturated heterocycles. The predicted octanol–water partition coefficient (Wildman–Crippen LogP) is 2.22. The molecular weight excluding hydrogens is 190 g/mol. The highest BCUT2D eigenvalue weighted by Crippen LogP contribution is 2.19.